The summed E-state index contributed by atoms with van der Waals surface area (Å²) in [4.78, 5) is 34.9. The van der Waals surface area contributed by atoms with Crippen molar-refractivity contribution in [3.8, 4) is 0 Å². The molecule has 1 saturated heterocycles. The van der Waals surface area contributed by atoms with Crippen LogP contribution < -0.4 is 21.7 Å². The molecule has 1 aliphatic rings. The Morgan fingerprint density at radius 1 is 1.38 bits per heavy atom. The molecule has 0 aliphatic carbocycles. The number of primary amides is 2. The van der Waals surface area contributed by atoms with E-state index in [-0.39, 0.29) is 11.3 Å². The lowest BCUT2D eigenvalue weighted by atomic mass is 10.1. The summed E-state index contributed by atoms with van der Waals surface area (Å²) < 4.78 is 0. The van der Waals surface area contributed by atoms with Gasteiger partial charge in [-0.2, -0.15) is 0 Å². The lowest BCUT2D eigenvalue weighted by Crippen LogP contribution is -2.57. The van der Waals surface area contributed by atoms with Gasteiger partial charge in [0.15, 0.2) is 0 Å². The average Bonchev–Trinajstić information content (AvgIpc) is 2.46. The van der Waals surface area contributed by atoms with Gasteiger partial charge in [-0.1, -0.05) is 0 Å². The molecule has 0 spiro atoms. The van der Waals surface area contributed by atoms with Crippen molar-refractivity contribution < 1.29 is 14.5 Å². The van der Waals surface area contributed by atoms with Crippen LogP contribution in [0.2, 0.25) is 0 Å². The number of piperazine rings is 1. The van der Waals surface area contributed by atoms with Gasteiger partial charge < -0.3 is 21.7 Å². The van der Waals surface area contributed by atoms with Crippen LogP contribution in [0.25, 0.3) is 0 Å². The third-order valence-corrected chi connectivity index (χ3v) is 3.34. The van der Waals surface area contributed by atoms with Crippen LogP contribution in [-0.2, 0) is 4.79 Å². The minimum atomic E-state index is -0.796. The number of hydrogen-bond donors (Lipinski definition) is 3. The van der Waals surface area contributed by atoms with Crippen molar-refractivity contribution in [2.75, 3.05) is 24.5 Å². The molecule has 0 saturated carbocycles. The molecular weight excluding hydrogens is 278 g/mol. The molecule has 9 nitrogen and oxygen atoms in total. The Balaban J connectivity index is 2.48. The van der Waals surface area contributed by atoms with Gasteiger partial charge >= 0.3 is 0 Å². The fourth-order valence-corrected chi connectivity index (χ4v) is 2.33. The van der Waals surface area contributed by atoms with Gasteiger partial charge in [-0.05, 0) is 6.07 Å². The topological polar surface area (TPSA) is 145 Å². The zero-order valence-corrected chi connectivity index (χ0v) is 11.1. The summed E-state index contributed by atoms with van der Waals surface area (Å²) in [7, 11) is 0. The SMILES string of the molecule is NC(=O)c1cc([N+](=O)[O-])ccc1N1CCNCC1C(N)=O. The highest BCUT2D eigenvalue weighted by atomic mass is 16.6. The molecule has 9 heteroatoms. The molecule has 1 aromatic carbocycles. The van der Waals surface area contributed by atoms with E-state index in [4.69, 9.17) is 11.5 Å². The first-order valence-electron chi connectivity index (χ1n) is 6.26. The van der Waals surface area contributed by atoms with Crippen molar-refractivity contribution in [3.63, 3.8) is 0 Å². The van der Waals surface area contributed by atoms with E-state index in [1.165, 1.54) is 12.1 Å². The maximum atomic E-state index is 11.6. The molecule has 2 amide bonds. The van der Waals surface area contributed by atoms with Crippen LogP contribution in [0.3, 0.4) is 0 Å². The number of anilines is 1. The monoisotopic (exact) mass is 293 g/mol. The number of benzene rings is 1. The van der Waals surface area contributed by atoms with E-state index in [2.05, 4.69) is 5.32 Å². The van der Waals surface area contributed by atoms with Crippen molar-refractivity contribution in [2.24, 2.45) is 11.5 Å². The van der Waals surface area contributed by atoms with Crippen LogP contribution in [-0.4, -0.2) is 42.4 Å². The lowest BCUT2D eigenvalue weighted by Gasteiger charge is -2.36. The highest BCUT2D eigenvalue weighted by molar-refractivity contribution is 6.00. The van der Waals surface area contributed by atoms with Crippen molar-refractivity contribution in [2.45, 2.75) is 6.04 Å². The number of nitro benzene ring substituents is 1. The number of nitrogens with one attached hydrogen (secondary N) is 1. The Bertz CT molecular complexity index is 603. The predicted molar refractivity (Wildman–Crippen MR) is 74.8 cm³/mol. The molecule has 0 bridgehead atoms. The predicted octanol–water partition coefficient (Wildman–Crippen LogP) is -1.04. The molecule has 1 aromatic rings. The third kappa shape index (κ3) is 2.92. The van der Waals surface area contributed by atoms with Gasteiger partial charge in [0, 0.05) is 31.8 Å². The average molecular weight is 293 g/mol. The summed E-state index contributed by atoms with van der Waals surface area (Å²) in [6.45, 7) is 1.37. The molecule has 5 N–H and O–H groups in total. The van der Waals surface area contributed by atoms with E-state index in [0.717, 1.165) is 6.07 Å². The van der Waals surface area contributed by atoms with Gasteiger partial charge in [0.25, 0.3) is 11.6 Å². The van der Waals surface area contributed by atoms with Crippen LogP contribution in [0.5, 0.6) is 0 Å². The van der Waals surface area contributed by atoms with Gasteiger partial charge in [0.05, 0.1) is 16.2 Å². The zero-order chi connectivity index (χ0) is 15.6. The molecule has 1 fully saturated rings. The van der Waals surface area contributed by atoms with Gasteiger partial charge in [0.2, 0.25) is 5.91 Å². The maximum Gasteiger partial charge on any atom is 0.270 e. The number of carbonyl (C=O) groups is 2. The largest absolute Gasteiger partial charge is 0.368 e. The second-order valence-electron chi connectivity index (χ2n) is 4.64. The Labute approximate surface area is 120 Å². The minimum absolute atomic E-state index is 0.00245. The first kappa shape index (κ1) is 14.7. The number of nitro groups is 1. The quantitative estimate of drug-likeness (QED) is 0.477. The van der Waals surface area contributed by atoms with Crippen molar-refractivity contribution in [1.29, 1.82) is 0 Å². The molecule has 1 heterocycles. The number of hydrogen-bond acceptors (Lipinski definition) is 6. The Morgan fingerprint density at radius 3 is 2.67 bits per heavy atom. The summed E-state index contributed by atoms with van der Waals surface area (Å²) in [6, 6.07) is 3.15. The maximum absolute atomic E-state index is 11.6. The van der Waals surface area contributed by atoms with Crippen LogP contribution >= 0.6 is 0 Å². The number of nitrogens with two attached hydrogens (primary N) is 2. The molecule has 0 radical (unpaired) electrons. The first-order valence-corrected chi connectivity index (χ1v) is 6.26. The van der Waals surface area contributed by atoms with Gasteiger partial charge in [-0.25, -0.2) is 0 Å². The van der Waals surface area contributed by atoms with Gasteiger partial charge in [-0.15, -0.1) is 0 Å². The van der Waals surface area contributed by atoms with E-state index in [1.807, 2.05) is 0 Å². The third-order valence-electron chi connectivity index (χ3n) is 3.34. The van der Waals surface area contributed by atoms with E-state index in [0.29, 0.717) is 25.3 Å². The normalized spacial score (nSPS) is 18.3. The summed E-state index contributed by atoms with van der Waals surface area (Å²) in [6.07, 6.45) is 0. The molecule has 0 aromatic heterocycles. The second kappa shape index (κ2) is 5.75. The molecule has 21 heavy (non-hydrogen) atoms. The first-order chi connectivity index (χ1) is 9.91. The van der Waals surface area contributed by atoms with Crippen molar-refractivity contribution in [1.82, 2.24) is 5.32 Å². The number of nitrogens with zero attached hydrogens (tertiary/aromatic N) is 2. The van der Waals surface area contributed by atoms with Crippen LogP contribution in [0.4, 0.5) is 11.4 Å². The molecule has 1 aliphatic heterocycles. The molecule has 1 atom stereocenters. The zero-order valence-electron chi connectivity index (χ0n) is 11.1. The fraction of sp³-hybridized carbons (Fsp3) is 0.333. The molecule has 1 unspecified atom stereocenters. The highest BCUT2D eigenvalue weighted by Gasteiger charge is 2.30. The Hall–Kier alpha value is -2.68. The van der Waals surface area contributed by atoms with Crippen molar-refractivity contribution in [3.05, 3.63) is 33.9 Å². The Kier molecular flexibility index (Phi) is 4.03. The van der Waals surface area contributed by atoms with Crippen LogP contribution in [0.1, 0.15) is 10.4 Å². The number of rotatable bonds is 4. The number of amides is 2. The summed E-state index contributed by atoms with van der Waals surface area (Å²) in [5.74, 6) is -1.34. The minimum Gasteiger partial charge on any atom is -0.368 e. The van der Waals surface area contributed by atoms with E-state index >= 15 is 0 Å². The van der Waals surface area contributed by atoms with Crippen LogP contribution in [0.15, 0.2) is 18.2 Å². The highest BCUT2D eigenvalue weighted by Crippen LogP contribution is 2.27. The van der Waals surface area contributed by atoms with E-state index < -0.39 is 22.8 Å². The number of non-ortho nitro benzene ring substituents is 1. The number of carbonyl (C=O) groups excluding carboxylic acids is 2. The van der Waals surface area contributed by atoms with Crippen molar-refractivity contribution >= 4 is 23.2 Å². The standard InChI is InChI=1S/C12H15N5O4/c13-11(18)8-5-7(17(20)21)1-2-9(8)16-4-3-15-6-10(16)12(14)19/h1-2,5,10,15H,3-4,6H2,(H2,13,18)(H2,14,19). The molecule has 112 valence electrons. The second-order valence-corrected chi connectivity index (χ2v) is 4.64. The summed E-state index contributed by atoms with van der Waals surface area (Å²) in [5, 5.41) is 13.8. The smallest absolute Gasteiger partial charge is 0.270 e. The summed E-state index contributed by atoms with van der Waals surface area (Å²) in [5.41, 5.74) is 10.8. The van der Waals surface area contributed by atoms with Crippen LogP contribution in [0, 0.1) is 10.1 Å². The van der Waals surface area contributed by atoms with E-state index in [1.54, 1.807) is 4.90 Å². The van der Waals surface area contributed by atoms with Gasteiger partial charge in [-0.3, -0.25) is 19.7 Å². The van der Waals surface area contributed by atoms with Gasteiger partial charge in [0.1, 0.15) is 6.04 Å². The lowest BCUT2D eigenvalue weighted by molar-refractivity contribution is -0.384. The van der Waals surface area contributed by atoms with E-state index in [9.17, 15) is 19.7 Å². The molecule has 2 rings (SSSR count). The fourth-order valence-electron chi connectivity index (χ4n) is 2.33. The Morgan fingerprint density at radius 2 is 2.10 bits per heavy atom. The summed E-state index contributed by atoms with van der Waals surface area (Å²) >= 11 is 0. The molecular formula is C12H15N5O4.